The van der Waals surface area contributed by atoms with Gasteiger partial charge in [0.1, 0.15) is 5.54 Å². The van der Waals surface area contributed by atoms with Crippen molar-refractivity contribution in [3.05, 3.63) is 33.8 Å². The Morgan fingerprint density at radius 1 is 1.35 bits per heavy atom. The van der Waals surface area contributed by atoms with Gasteiger partial charge >= 0.3 is 6.03 Å². The Kier molecular flexibility index (Phi) is 3.97. The first-order chi connectivity index (χ1) is 10.7. The molecular formula is C14H16BrN3O4S. The quantitative estimate of drug-likeness (QED) is 0.729. The molecule has 0 bridgehead atoms. The summed E-state index contributed by atoms with van der Waals surface area (Å²) in [6, 6.07) is 5.11. The summed E-state index contributed by atoms with van der Waals surface area (Å²) in [6.45, 7) is 2.03. The summed E-state index contributed by atoms with van der Waals surface area (Å²) in [5.41, 5.74) is 0.612. The number of nitrogens with one attached hydrogen (secondary N) is 2. The summed E-state index contributed by atoms with van der Waals surface area (Å²) < 4.78 is 27.6. The second kappa shape index (κ2) is 5.57. The third kappa shape index (κ3) is 3.00. The molecule has 2 aliphatic heterocycles. The van der Waals surface area contributed by atoms with Gasteiger partial charge in [0.15, 0.2) is 0 Å². The average Bonchev–Trinajstić information content (AvgIpc) is 2.70. The number of hydrogen-bond acceptors (Lipinski definition) is 4. The highest BCUT2D eigenvalue weighted by Gasteiger charge is 2.46. The zero-order chi connectivity index (χ0) is 16.8. The van der Waals surface area contributed by atoms with Crippen LogP contribution in [0.4, 0.5) is 4.79 Å². The van der Waals surface area contributed by atoms with Gasteiger partial charge in [-0.05, 0) is 30.5 Å². The van der Waals surface area contributed by atoms with Gasteiger partial charge in [0, 0.05) is 17.6 Å². The van der Waals surface area contributed by atoms with Crippen molar-refractivity contribution in [1.82, 2.24) is 14.9 Å². The van der Waals surface area contributed by atoms with Crippen LogP contribution < -0.4 is 10.6 Å². The second-order valence-corrected chi connectivity index (χ2v) is 8.78. The van der Waals surface area contributed by atoms with Crippen LogP contribution in [0.5, 0.6) is 0 Å². The number of halogens is 1. The topological polar surface area (TPSA) is 95.6 Å². The molecule has 0 radical (unpaired) electrons. The first-order valence-corrected chi connectivity index (χ1v) is 9.49. The van der Waals surface area contributed by atoms with Gasteiger partial charge in [0.25, 0.3) is 5.91 Å². The molecule has 3 rings (SSSR count). The van der Waals surface area contributed by atoms with Gasteiger partial charge < -0.3 is 5.32 Å². The molecule has 0 aromatic heterocycles. The normalized spacial score (nSPS) is 25.0. The third-order valence-corrected chi connectivity index (χ3v) is 6.95. The SMILES string of the molecule is C[C@]1(CS(=O)(=O)N2CCc3cccc(Br)c3C2)NC(=O)NC1=O. The number of carbonyl (C=O) groups is 2. The van der Waals surface area contributed by atoms with Crippen LogP contribution in [0.15, 0.2) is 22.7 Å². The van der Waals surface area contributed by atoms with E-state index in [0.717, 1.165) is 15.6 Å². The van der Waals surface area contributed by atoms with Crippen molar-refractivity contribution in [2.75, 3.05) is 12.3 Å². The van der Waals surface area contributed by atoms with Crippen LogP contribution in [-0.2, 0) is 27.8 Å². The summed E-state index contributed by atoms with van der Waals surface area (Å²) in [6.07, 6.45) is 0.614. The standard InChI is InChI=1S/C14H16BrN3O4S/c1-14(12(19)16-13(20)17-14)8-23(21,22)18-6-5-9-3-2-4-11(15)10(9)7-18/h2-4H,5-8H2,1H3,(H2,16,17,19,20)/t14-/m1/s1. The van der Waals surface area contributed by atoms with Crippen LogP contribution in [0, 0.1) is 0 Å². The van der Waals surface area contributed by atoms with E-state index in [0.29, 0.717) is 13.0 Å². The highest BCUT2D eigenvalue weighted by atomic mass is 79.9. The lowest BCUT2D eigenvalue weighted by molar-refractivity contribution is -0.122. The lowest BCUT2D eigenvalue weighted by Gasteiger charge is -2.31. The lowest BCUT2D eigenvalue weighted by atomic mass is 10.0. The summed E-state index contributed by atoms with van der Waals surface area (Å²) >= 11 is 3.45. The maximum absolute atomic E-state index is 12.7. The van der Waals surface area contributed by atoms with Crippen LogP contribution in [0.1, 0.15) is 18.1 Å². The number of nitrogens with zero attached hydrogens (tertiary/aromatic N) is 1. The van der Waals surface area contributed by atoms with E-state index in [-0.39, 0.29) is 6.54 Å². The Bertz CT molecular complexity index is 795. The van der Waals surface area contributed by atoms with Crippen LogP contribution in [-0.4, -0.2) is 42.5 Å². The Balaban J connectivity index is 1.83. The van der Waals surface area contributed by atoms with E-state index in [4.69, 9.17) is 0 Å². The van der Waals surface area contributed by atoms with E-state index < -0.39 is 33.3 Å². The first-order valence-electron chi connectivity index (χ1n) is 7.09. The lowest BCUT2D eigenvalue weighted by Crippen LogP contribution is -2.53. The molecule has 9 heteroatoms. The molecule has 2 N–H and O–H groups in total. The fourth-order valence-corrected chi connectivity index (χ4v) is 5.23. The number of urea groups is 1. The zero-order valence-corrected chi connectivity index (χ0v) is 14.8. The fraction of sp³-hybridized carbons (Fsp3) is 0.429. The molecule has 0 unspecified atom stereocenters. The van der Waals surface area contributed by atoms with Gasteiger partial charge in [-0.1, -0.05) is 28.1 Å². The summed E-state index contributed by atoms with van der Waals surface area (Å²) in [5.74, 6) is -1.08. The monoisotopic (exact) mass is 401 g/mol. The van der Waals surface area contributed by atoms with Gasteiger partial charge in [-0.2, -0.15) is 4.31 Å². The summed E-state index contributed by atoms with van der Waals surface area (Å²) in [4.78, 5) is 23.1. The number of hydrogen-bond donors (Lipinski definition) is 2. The molecule has 1 atom stereocenters. The van der Waals surface area contributed by atoms with Crippen LogP contribution in [0.25, 0.3) is 0 Å². The van der Waals surface area contributed by atoms with Crippen LogP contribution in [0.3, 0.4) is 0 Å². The molecule has 0 saturated carbocycles. The number of amides is 3. The van der Waals surface area contributed by atoms with Gasteiger partial charge in [0.2, 0.25) is 10.0 Å². The van der Waals surface area contributed by atoms with E-state index in [1.54, 1.807) is 0 Å². The van der Waals surface area contributed by atoms with Gasteiger partial charge in [-0.3, -0.25) is 10.1 Å². The van der Waals surface area contributed by atoms with Crippen molar-refractivity contribution in [1.29, 1.82) is 0 Å². The Morgan fingerprint density at radius 3 is 2.74 bits per heavy atom. The maximum atomic E-state index is 12.7. The van der Waals surface area contributed by atoms with E-state index >= 15 is 0 Å². The van der Waals surface area contributed by atoms with Crippen molar-refractivity contribution in [2.45, 2.75) is 25.4 Å². The highest BCUT2D eigenvalue weighted by Crippen LogP contribution is 2.28. The molecule has 124 valence electrons. The smallest absolute Gasteiger partial charge is 0.322 e. The number of rotatable bonds is 3. The van der Waals surface area contributed by atoms with Crippen molar-refractivity contribution in [3.8, 4) is 0 Å². The predicted octanol–water partition coefficient (Wildman–Crippen LogP) is 0.735. The molecule has 7 nitrogen and oxygen atoms in total. The molecule has 0 spiro atoms. The maximum Gasteiger partial charge on any atom is 0.322 e. The summed E-state index contributed by atoms with van der Waals surface area (Å²) in [7, 11) is -3.70. The van der Waals surface area contributed by atoms with Crippen molar-refractivity contribution >= 4 is 37.9 Å². The average molecular weight is 402 g/mol. The molecule has 1 aromatic rings. The van der Waals surface area contributed by atoms with E-state index in [9.17, 15) is 18.0 Å². The Hall–Kier alpha value is -1.45. The van der Waals surface area contributed by atoms with Gasteiger partial charge in [-0.25, -0.2) is 13.2 Å². The molecule has 2 aliphatic rings. The van der Waals surface area contributed by atoms with Crippen LogP contribution >= 0.6 is 15.9 Å². The van der Waals surface area contributed by atoms with Gasteiger partial charge in [-0.15, -0.1) is 0 Å². The molecule has 3 amide bonds. The number of carbonyl (C=O) groups excluding carboxylic acids is 2. The number of imide groups is 1. The molecular weight excluding hydrogens is 386 g/mol. The highest BCUT2D eigenvalue weighted by molar-refractivity contribution is 9.10. The third-order valence-electron chi connectivity index (χ3n) is 4.16. The minimum absolute atomic E-state index is 0.255. The van der Waals surface area contributed by atoms with Crippen molar-refractivity contribution in [2.24, 2.45) is 0 Å². The minimum atomic E-state index is -3.70. The fourth-order valence-electron chi connectivity index (χ4n) is 2.89. The minimum Gasteiger partial charge on any atom is -0.322 e. The van der Waals surface area contributed by atoms with Crippen molar-refractivity contribution < 1.29 is 18.0 Å². The molecule has 23 heavy (non-hydrogen) atoms. The molecule has 1 aromatic carbocycles. The van der Waals surface area contributed by atoms with E-state index in [2.05, 4.69) is 26.6 Å². The van der Waals surface area contributed by atoms with Gasteiger partial charge in [0.05, 0.1) is 5.75 Å². The number of sulfonamides is 1. The predicted molar refractivity (Wildman–Crippen MR) is 87.1 cm³/mol. The molecule has 2 heterocycles. The first kappa shape index (κ1) is 16.4. The zero-order valence-electron chi connectivity index (χ0n) is 12.4. The largest absolute Gasteiger partial charge is 0.322 e. The Labute approximate surface area is 142 Å². The summed E-state index contributed by atoms with van der Waals surface area (Å²) in [5, 5.41) is 4.47. The molecule has 0 aliphatic carbocycles. The van der Waals surface area contributed by atoms with Crippen LogP contribution in [0.2, 0.25) is 0 Å². The second-order valence-electron chi connectivity index (χ2n) is 5.96. The van der Waals surface area contributed by atoms with E-state index in [1.165, 1.54) is 11.2 Å². The molecule has 1 fully saturated rings. The van der Waals surface area contributed by atoms with Crippen molar-refractivity contribution in [3.63, 3.8) is 0 Å². The molecule has 1 saturated heterocycles. The van der Waals surface area contributed by atoms with E-state index in [1.807, 2.05) is 18.2 Å². The number of fused-ring (bicyclic) bond motifs is 1. The number of benzene rings is 1. The Morgan fingerprint density at radius 2 is 2.09 bits per heavy atom.